The van der Waals surface area contributed by atoms with Crippen LogP contribution in [0.2, 0.25) is 0 Å². The van der Waals surface area contributed by atoms with Crippen LogP contribution in [0, 0.1) is 0 Å². The van der Waals surface area contributed by atoms with Crippen molar-refractivity contribution < 1.29 is 13.8 Å². The average molecular weight is 296 g/mol. The summed E-state index contributed by atoms with van der Waals surface area (Å²) in [5.41, 5.74) is 2.06. The van der Waals surface area contributed by atoms with Crippen molar-refractivity contribution in [2.75, 3.05) is 5.32 Å². The summed E-state index contributed by atoms with van der Waals surface area (Å²) >= 11 is 0. The number of allylic oxidation sites excluding steroid dienone is 2. The number of fused-ring (bicyclic) bond motifs is 3. The van der Waals surface area contributed by atoms with Crippen LogP contribution in [0.5, 0.6) is 0 Å². The van der Waals surface area contributed by atoms with Gasteiger partial charge in [0.05, 0.1) is 18.4 Å². The molecule has 1 unspecified atom stereocenters. The summed E-state index contributed by atoms with van der Waals surface area (Å²) in [7, 11) is 0. The highest BCUT2D eigenvalue weighted by Crippen LogP contribution is 2.19. The number of nitrogens with one attached hydrogen (secondary N) is 1. The van der Waals surface area contributed by atoms with Gasteiger partial charge in [-0.2, -0.15) is 4.57 Å². The van der Waals surface area contributed by atoms with Gasteiger partial charge in [-0.1, -0.05) is 12.2 Å². The Morgan fingerprint density at radius 1 is 1.41 bits per heavy atom. The smallest absolute Gasteiger partial charge is 0.359 e. The van der Waals surface area contributed by atoms with Gasteiger partial charge in [0.15, 0.2) is 0 Å². The van der Waals surface area contributed by atoms with Crippen molar-refractivity contribution in [3.63, 3.8) is 0 Å². The molecule has 112 valence electrons. The van der Waals surface area contributed by atoms with Crippen molar-refractivity contribution in [1.29, 1.82) is 0 Å². The number of furan rings is 1. The van der Waals surface area contributed by atoms with Gasteiger partial charge in [-0.25, -0.2) is 9.78 Å². The SMILES string of the molecule is O=C1C(Cc2ccco2)Nc2cnc3c([n+]21)CCC/C=C/C3. The number of rotatable bonds is 2. The molecule has 1 aliphatic carbocycles. The fraction of sp³-hybridized carbons (Fsp3) is 0.353. The molecule has 2 aromatic rings. The normalized spacial score (nSPS) is 21.5. The van der Waals surface area contributed by atoms with E-state index in [0.717, 1.165) is 48.6 Å². The molecule has 22 heavy (non-hydrogen) atoms. The Bertz CT molecular complexity index is 735. The van der Waals surface area contributed by atoms with Gasteiger partial charge in [0.1, 0.15) is 17.7 Å². The minimum Gasteiger partial charge on any atom is -0.469 e. The molecule has 0 saturated carbocycles. The minimum absolute atomic E-state index is 0.0922. The Hall–Kier alpha value is -2.43. The number of carbonyl (C=O) groups is 1. The van der Waals surface area contributed by atoms with Crippen LogP contribution in [-0.2, 0) is 19.3 Å². The average Bonchev–Trinajstić information content (AvgIpc) is 3.09. The summed E-state index contributed by atoms with van der Waals surface area (Å²) in [6.45, 7) is 0. The number of hydrogen-bond acceptors (Lipinski definition) is 4. The minimum atomic E-state index is -0.277. The highest BCUT2D eigenvalue weighted by molar-refractivity contribution is 5.81. The van der Waals surface area contributed by atoms with Gasteiger partial charge in [0, 0.05) is 12.8 Å². The monoisotopic (exact) mass is 296 g/mol. The van der Waals surface area contributed by atoms with Crippen LogP contribution < -0.4 is 9.88 Å². The van der Waals surface area contributed by atoms with Crippen molar-refractivity contribution in [3.05, 3.63) is 53.9 Å². The second kappa shape index (κ2) is 5.40. The van der Waals surface area contributed by atoms with E-state index < -0.39 is 0 Å². The molecule has 0 amide bonds. The highest BCUT2D eigenvalue weighted by Gasteiger charge is 2.41. The number of anilines is 1. The van der Waals surface area contributed by atoms with E-state index in [0.29, 0.717) is 6.42 Å². The molecule has 1 aliphatic heterocycles. The molecule has 0 fully saturated rings. The predicted octanol–water partition coefficient (Wildman–Crippen LogP) is 2.07. The second-order valence-corrected chi connectivity index (χ2v) is 5.76. The molecule has 5 heteroatoms. The van der Waals surface area contributed by atoms with Crippen LogP contribution in [0.25, 0.3) is 0 Å². The first kappa shape index (κ1) is 13.2. The Balaban J connectivity index is 1.68. The summed E-state index contributed by atoms with van der Waals surface area (Å²) in [6.07, 6.45) is 12.1. The van der Waals surface area contributed by atoms with Gasteiger partial charge < -0.3 is 4.42 Å². The lowest BCUT2D eigenvalue weighted by atomic mass is 10.1. The Morgan fingerprint density at radius 2 is 2.36 bits per heavy atom. The second-order valence-electron chi connectivity index (χ2n) is 5.76. The molecule has 2 aromatic heterocycles. The van der Waals surface area contributed by atoms with Crippen LogP contribution >= 0.6 is 0 Å². The molecular weight excluding hydrogens is 278 g/mol. The van der Waals surface area contributed by atoms with Gasteiger partial charge in [-0.3, -0.25) is 5.32 Å². The van der Waals surface area contributed by atoms with Gasteiger partial charge in [0.25, 0.3) is 0 Å². The van der Waals surface area contributed by atoms with Gasteiger partial charge in [-0.05, 0) is 25.0 Å². The summed E-state index contributed by atoms with van der Waals surface area (Å²) in [4.78, 5) is 17.4. The Labute approximate surface area is 128 Å². The first-order valence-electron chi connectivity index (χ1n) is 7.74. The van der Waals surface area contributed by atoms with Crippen molar-refractivity contribution in [3.8, 4) is 0 Å². The van der Waals surface area contributed by atoms with E-state index in [1.807, 2.05) is 16.7 Å². The number of aromatic nitrogens is 2. The number of carbonyl (C=O) groups excluding carboxylic acids is 1. The molecule has 4 rings (SSSR count). The van der Waals surface area contributed by atoms with E-state index in [1.165, 1.54) is 0 Å². The van der Waals surface area contributed by atoms with E-state index in [1.54, 1.807) is 12.5 Å². The van der Waals surface area contributed by atoms with Crippen molar-refractivity contribution >= 4 is 11.7 Å². The van der Waals surface area contributed by atoms with Crippen LogP contribution in [0.4, 0.5) is 5.82 Å². The summed E-state index contributed by atoms with van der Waals surface area (Å²) in [5, 5.41) is 3.28. The largest absolute Gasteiger partial charge is 0.469 e. The number of hydrogen-bond donors (Lipinski definition) is 1. The quantitative estimate of drug-likeness (QED) is 0.681. The predicted molar refractivity (Wildman–Crippen MR) is 80.7 cm³/mol. The third-order valence-electron chi connectivity index (χ3n) is 4.27. The maximum Gasteiger partial charge on any atom is 0.359 e. The highest BCUT2D eigenvalue weighted by atomic mass is 16.3. The molecule has 0 aromatic carbocycles. The van der Waals surface area contributed by atoms with E-state index in [2.05, 4.69) is 22.5 Å². The van der Waals surface area contributed by atoms with E-state index in [9.17, 15) is 4.79 Å². The molecule has 0 saturated heterocycles. The summed E-state index contributed by atoms with van der Waals surface area (Å²) < 4.78 is 7.19. The van der Waals surface area contributed by atoms with E-state index in [4.69, 9.17) is 4.42 Å². The van der Waals surface area contributed by atoms with Crippen LogP contribution in [-0.4, -0.2) is 16.9 Å². The van der Waals surface area contributed by atoms with Gasteiger partial charge in [0.2, 0.25) is 6.04 Å². The lowest BCUT2D eigenvalue weighted by molar-refractivity contribution is -0.562. The van der Waals surface area contributed by atoms with Crippen LogP contribution in [0.15, 0.2) is 41.2 Å². The molecule has 2 aliphatic rings. The molecule has 0 spiro atoms. The van der Waals surface area contributed by atoms with Gasteiger partial charge in [-0.15, -0.1) is 0 Å². The lowest BCUT2D eigenvalue weighted by Crippen LogP contribution is -2.48. The van der Waals surface area contributed by atoms with Crippen LogP contribution in [0.1, 0.15) is 34.8 Å². The third-order valence-corrected chi connectivity index (χ3v) is 4.27. The molecule has 0 radical (unpaired) electrons. The molecule has 1 atom stereocenters. The molecule has 1 N–H and O–H groups in total. The van der Waals surface area contributed by atoms with E-state index in [-0.39, 0.29) is 11.9 Å². The fourth-order valence-corrected chi connectivity index (χ4v) is 3.19. The molecule has 0 bridgehead atoms. The van der Waals surface area contributed by atoms with E-state index >= 15 is 0 Å². The van der Waals surface area contributed by atoms with Crippen LogP contribution in [0.3, 0.4) is 0 Å². The Morgan fingerprint density at radius 3 is 3.23 bits per heavy atom. The first-order chi connectivity index (χ1) is 10.8. The maximum atomic E-state index is 12.8. The van der Waals surface area contributed by atoms with Crippen molar-refractivity contribution in [2.45, 2.75) is 38.1 Å². The van der Waals surface area contributed by atoms with Crippen molar-refractivity contribution in [2.24, 2.45) is 0 Å². The Kier molecular flexibility index (Phi) is 3.25. The zero-order valence-electron chi connectivity index (χ0n) is 12.3. The zero-order chi connectivity index (χ0) is 14.9. The zero-order valence-corrected chi connectivity index (χ0v) is 12.3. The standard InChI is InChI=1S/C17H17N3O2/c21-17-14(10-12-6-5-9-22-12)19-16-11-18-13-7-3-1-2-4-8-15(13)20(16)17/h1,3,5-6,9,11,14H,2,4,7-8,10H2/p+1/b3-1+. The topological polar surface area (TPSA) is 59.0 Å². The molecule has 3 heterocycles. The van der Waals surface area contributed by atoms with Crippen molar-refractivity contribution in [1.82, 2.24) is 4.98 Å². The maximum absolute atomic E-state index is 12.8. The first-order valence-corrected chi connectivity index (χ1v) is 7.74. The molecular formula is C17H18N3O2+. The lowest BCUT2D eigenvalue weighted by Gasteiger charge is -2.09. The summed E-state index contributed by atoms with van der Waals surface area (Å²) in [5.74, 6) is 1.71. The summed E-state index contributed by atoms with van der Waals surface area (Å²) in [6, 6.07) is 3.47. The number of nitrogens with zero attached hydrogens (tertiary/aromatic N) is 2. The third kappa shape index (κ3) is 2.22. The fourth-order valence-electron chi connectivity index (χ4n) is 3.19. The molecule has 5 nitrogen and oxygen atoms in total. The van der Waals surface area contributed by atoms with Gasteiger partial charge >= 0.3 is 11.7 Å².